The minimum absolute atomic E-state index is 0.114. The smallest absolute Gasteiger partial charge is 0.230 e. The van der Waals surface area contributed by atoms with Crippen LogP contribution in [0.5, 0.6) is 0 Å². The van der Waals surface area contributed by atoms with Crippen molar-refractivity contribution >= 4 is 5.91 Å². The molecule has 4 nitrogen and oxygen atoms in total. The van der Waals surface area contributed by atoms with Crippen molar-refractivity contribution in [2.24, 2.45) is 7.05 Å². The number of nitrogens with zero attached hydrogens (tertiary/aromatic N) is 3. The fourth-order valence-electron chi connectivity index (χ4n) is 3.63. The second-order valence-corrected chi connectivity index (χ2v) is 6.39. The molecule has 0 bridgehead atoms. The predicted octanol–water partition coefficient (Wildman–Crippen LogP) is 4.14. The van der Waals surface area contributed by atoms with Gasteiger partial charge in [-0.15, -0.1) is 0 Å². The number of carbonyl (C=O) groups excluding carboxylic acids is 1. The molecule has 0 fully saturated rings. The lowest BCUT2D eigenvalue weighted by molar-refractivity contribution is -0.134. The van der Waals surface area contributed by atoms with Crippen molar-refractivity contribution in [3.63, 3.8) is 0 Å². The maximum atomic E-state index is 13.3. The lowest BCUT2D eigenvalue weighted by Gasteiger charge is -2.33. The van der Waals surface area contributed by atoms with Gasteiger partial charge in [0.1, 0.15) is 0 Å². The minimum Gasteiger partial charge on any atom is -0.335 e. The molecule has 0 spiro atoms. The summed E-state index contributed by atoms with van der Waals surface area (Å²) < 4.78 is 1.86. The zero-order valence-corrected chi connectivity index (χ0v) is 15.7. The molecule has 0 saturated heterocycles. The Labute approximate surface area is 145 Å². The van der Waals surface area contributed by atoms with Gasteiger partial charge in [0.25, 0.3) is 0 Å². The van der Waals surface area contributed by atoms with E-state index >= 15 is 0 Å². The van der Waals surface area contributed by atoms with Gasteiger partial charge < -0.3 is 4.90 Å². The zero-order valence-electron chi connectivity index (χ0n) is 15.7. The van der Waals surface area contributed by atoms with Crippen molar-refractivity contribution in [1.29, 1.82) is 0 Å². The minimum atomic E-state index is -0.184. The summed E-state index contributed by atoms with van der Waals surface area (Å²) in [5.74, 6) is -0.0104. The molecule has 0 unspecified atom stereocenters. The second kappa shape index (κ2) is 7.65. The van der Waals surface area contributed by atoms with Gasteiger partial charge in [0.05, 0.1) is 17.7 Å². The van der Waals surface area contributed by atoms with E-state index in [1.165, 1.54) is 5.56 Å². The molecule has 2 aromatic rings. The van der Waals surface area contributed by atoms with E-state index in [9.17, 15) is 4.79 Å². The molecule has 24 heavy (non-hydrogen) atoms. The van der Waals surface area contributed by atoms with Gasteiger partial charge in [-0.3, -0.25) is 9.48 Å². The number of aromatic nitrogens is 2. The summed E-state index contributed by atoms with van der Waals surface area (Å²) in [4.78, 5) is 15.3. The number of hydrogen-bond donors (Lipinski definition) is 0. The molecule has 0 aliphatic heterocycles. The third-order valence-electron chi connectivity index (χ3n) is 4.94. The summed E-state index contributed by atoms with van der Waals surface area (Å²) in [5.41, 5.74) is 4.27. The molecule has 1 amide bonds. The molecular weight excluding hydrogens is 298 g/mol. The van der Waals surface area contributed by atoms with Gasteiger partial charge in [0.15, 0.2) is 0 Å². The van der Waals surface area contributed by atoms with Crippen LogP contribution in [-0.4, -0.2) is 27.1 Å². The first-order valence-electron chi connectivity index (χ1n) is 8.77. The van der Waals surface area contributed by atoms with E-state index < -0.39 is 0 Å². The van der Waals surface area contributed by atoms with Crippen LogP contribution in [0, 0.1) is 13.8 Å². The summed E-state index contributed by atoms with van der Waals surface area (Å²) in [6.07, 6.45) is 0.904. The van der Waals surface area contributed by atoms with Crippen molar-refractivity contribution in [2.45, 2.75) is 53.0 Å². The SMILES string of the molecule is CC[C@H](c1ccccc1)N(CC)C(=O)[C@H](C)c1c(C)nn(C)c1C. The Hall–Kier alpha value is -2.10. The van der Waals surface area contributed by atoms with E-state index in [1.54, 1.807) is 0 Å². The van der Waals surface area contributed by atoms with Gasteiger partial charge in [-0.2, -0.15) is 5.10 Å². The van der Waals surface area contributed by atoms with Gasteiger partial charge in [-0.25, -0.2) is 0 Å². The third-order valence-corrected chi connectivity index (χ3v) is 4.94. The van der Waals surface area contributed by atoms with E-state index in [0.717, 1.165) is 23.4 Å². The molecular formula is C20H29N3O. The van der Waals surface area contributed by atoms with Gasteiger partial charge in [-0.05, 0) is 39.7 Å². The average Bonchev–Trinajstić information content (AvgIpc) is 2.84. The van der Waals surface area contributed by atoms with Crippen LogP contribution >= 0.6 is 0 Å². The van der Waals surface area contributed by atoms with E-state index in [1.807, 2.05) is 55.6 Å². The Kier molecular flexibility index (Phi) is 5.81. The van der Waals surface area contributed by atoms with Gasteiger partial charge >= 0.3 is 0 Å². The molecule has 130 valence electrons. The summed E-state index contributed by atoms with van der Waals surface area (Å²) >= 11 is 0. The molecule has 4 heteroatoms. The molecule has 1 aromatic carbocycles. The van der Waals surface area contributed by atoms with Crippen LogP contribution in [0.2, 0.25) is 0 Å². The highest BCUT2D eigenvalue weighted by atomic mass is 16.2. The standard InChI is InChI=1S/C20H29N3O/c1-7-18(17-12-10-9-11-13-17)23(8-2)20(24)14(3)19-15(4)21-22(6)16(19)5/h9-14,18H,7-8H2,1-6H3/t14-,18-/m1/s1. The Morgan fingerprint density at radius 3 is 2.29 bits per heavy atom. The number of hydrogen-bond acceptors (Lipinski definition) is 2. The van der Waals surface area contributed by atoms with E-state index in [0.29, 0.717) is 6.54 Å². The topological polar surface area (TPSA) is 38.1 Å². The van der Waals surface area contributed by atoms with Crippen molar-refractivity contribution in [2.75, 3.05) is 6.54 Å². The predicted molar refractivity (Wildman–Crippen MR) is 98.0 cm³/mol. The van der Waals surface area contributed by atoms with Crippen molar-refractivity contribution in [3.05, 3.63) is 52.8 Å². The molecule has 2 rings (SSSR count). The normalized spacial score (nSPS) is 13.6. The van der Waals surface area contributed by atoms with E-state index in [-0.39, 0.29) is 17.9 Å². The number of likely N-dealkylation sites (N-methyl/N-ethyl adjacent to an activating group) is 1. The first-order valence-corrected chi connectivity index (χ1v) is 8.77. The van der Waals surface area contributed by atoms with Crippen LogP contribution < -0.4 is 0 Å². The monoisotopic (exact) mass is 327 g/mol. The second-order valence-electron chi connectivity index (χ2n) is 6.39. The van der Waals surface area contributed by atoms with Crippen LogP contribution in [0.25, 0.3) is 0 Å². The molecule has 1 heterocycles. The summed E-state index contributed by atoms with van der Waals surface area (Å²) in [5, 5.41) is 4.47. The Bertz CT molecular complexity index is 690. The highest BCUT2D eigenvalue weighted by molar-refractivity contribution is 5.84. The van der Waals surface area contributed by atoms with Crippen LogP contribution in [0.15, 0.2) is 30.3 Å². The molecule has 0 saturated carbocycles. The van der Waals surface area contributed by atoms with Gasteiger partial charge in [-0.1, -0.05) is 37.3 Å². The molecule has 0 N–H and O–H groups in total. The fraction of sp³-hybridized carbons (Fsp3) is 0.500. The molecule has 2 atom stereocenters. The Morgan fingerprint density at radius 2 is 1.83 bits per heavy atom. The highest BCUT2D eigenvalue weighted by Crippen LogP contribution is 2.30. The van der Waals surface area contributed by atoms with Crippen LogP contribution in [0.4, 0.5) is 0 Å². The molecule has 0 aliphatic carbocycles. The number of rotatable bonds is 6. The largest absolute Gasteiger partial charge is 0.335 e. The average molecular weight is 327 g/mol. The number of carbonyl (C=O) groups is 1. The summed E-state index contributed by atoms with van der Waals surface area (Å²) in [6, 6.07) is 10.4. The van der Waals surface area contributed by atoms with Crippen molar-refractivity contribution in [1.82, 2.24) is 14.7 Å². The zero-order chi connectivity index (χ0) is 17.9. The van der Waals surface area contributed by atoms with Crippen LogP contribution in [-0.2, 0) is 11.8 Å². The Morgan fingerprint density at radius 1 is 1.21 bits per heavy atom. The Balaban J connectivity index is 2.34. The fourth-order valence-corrected chi connectivity index (χ4v) is 3.63. The number of amides is 1. The summed E-state index contributed by atoms with van der Waals surface area (Å²) in [7, 11) is 1.93. The third kappa shape index (κ3) is 3.37. The van der Waals surface area contributed by atoms with E-state index in [4.69, 9.17) is 0 Å². The maximum Gasteiger partial charge on any atom is 0.230 e. The summed E-state index contributed by atoms with van der Waals surface area (Å²) in [6.45, 7) is 10.9. The molecule has 0 aliphatic rings. The quantitative estimate of drug-likeness (QED) is 0.800. The van der Waals surface area contributed by atoms with Gasteiger partial charge in [0, 0.05) is 24.8 Å². The molecule has 1 aromatic heterocycles. The van der Waals surface area contributed by atoms with Gasteiger partial charge in [0.2, 0.25) is 5.91 Å². The van der Waals surface area contributed by atoms with Crippen LogP contribution in [0.1, 0.15) is 61.7 Å². The first-order chi connectivity index (χ1) is 11.4. The number of aryl methyl sites for hydroxylation is 2. The maximum absolute atomic E-state index is 13.3. The lowest BCUT2D eigenvalue weighted by Crippen LogP contribution is -2.37. The molecule has 0 radical (unpaired) electrons. The van der Waals surface area contributed by atoms with Crippen molar-refractivity contribution < 1.29 is 4.79 Å². The lowest BCUT2D eigenvalue weighted by atomic mass is 9.95. The van der Waals surface area contributed by atoms with E-state index in [2.05, 4.69) is 31.1 Å². The van der Waals surface area contributed by atoms with Crippen molar-refractivity contribution in [3.8, 4) is 0 Å². The first kappa shape index (κ1) is 18.2. The number of benzene rings is 1. The highest BCUT2D eigenvalue weighted by Gasteiger charge is 2.30. The van der Waals surface area contributed by atoms with Crippen LogP contribution in [0.3, 0.4) is 0 Å².